The number of amides is 2. The summed E-state index contributed by atoms with van der Waals surface area (Å²) in [6.45, 7) is 3.91. The predicted octanol–water partition coefficient (Wildman–Crippen LogP) is 5.08. The van der Waals surface area contributed by atoms with Crippen LogP contribution in [0, 0.1) is 5.92 Å². The molecule has 0 aliphatic carbocycles. The highest BCUT2D eigenvalue weighted by Crippen LogP contribution is 2.26. The van der Waals surface area contributed by atoms with Gasteiger partial charge in [0.05, 0.1) is 27.2 Å². The van der Waals surface area contributed by atoms with Gasteiger partial charge in [-0.1, -0.05) is 41.4 Å². The molecule has 7 heteroatoms. The second-order valence-electron chi connectivity index (χ2n) is 8.36. The fourth-order valence-corrected chi connectivity index (χ4v) is 4.73. The smallest absolute Gasteiger partial charge is 0.255 e. The summed E-state index contributed by atoms with van der Waals surface area (Å²) < 4.78 is 0. The van der Waals surface area contributed by atoms with E-state index in [0.717, 1.165) is 57.4 Å². The van der Waals surface area contributed by atoms with Crippen LogP contribution in [0.2, 0.25) is 10.0 Å². The van der Waals surface area contributed by atoms with Crippen molar-refractivity contribution in [1.82, 2.24) is 9.80 Å². The van der Waals surface area contributed by atoms with E-state index in [4.69, 9.17) is 23.2 Å². The lowest BCUT2D eigenvalue weighted by Crippen LogP contribution is -2.40. The number of anilines is 1. The van der Waals surface area contributed by atoms with Crippen molar-refractivity contribution < 1.29 is 9.59 Å². The Morgan fingerprint density at radius 1 is 0.968 bits per heavy atom. The van der Waals surface area contributed by atoms with E-state index in [-0.39, 0.29) is 17.7 Å². The number of rotatable bonds is 5. The van der Waals surface area contributed by atoms with Crippen LogP contribution >= 0.6 is 23.2 Å². The average Bonchev–Trinajstić information content (AvgIpc) is 3.31. The van der Waals surface area contributed by atoms with Gasteiger partial charge in [0.2, 0.25) is 5.91 Å². The zero-order chi connectivity index (χ0) is 21.8. The molecule has 2 amide bonds. The molecule has 2 fully saturated rings. The maximum Gasteiger partial charge on any atom is 0.255 e. The molecule has 2 aromatic carbocycles. The molecular weight excluding hydrogens is 433 g/mol. The number of benzene rings is 2. The van der Waals surface area contributed by atoms with Crippen LogP contribution in [-0.2, 0) is 11.3 Å². The van der Waals surface area contributed by atoms with E-state index >= 15 is 0 Å². The normalized spacial score (nSPS) is 19.4. The third kappa shape index (κ3) is 5.40. The van der Waals surface area contributed by atoms with Gasteiger partial charge in [-0.3, -0.25) is 14.5 Å². The third-order valence-electron chi connectivity index (χ3n) is 6.08. The van der Waals surface area contributed by atoms with Gasteiger partial charge < -0.3 is 10.2 Å². The van der Waals surface area contributed by atoms with Crippen LogP contribution in [-0.4, -0.2) is 47.8 Å². The minimum absolute atomic E-state index is 0.00159. The van der Waals surface area contributed by atoms with E-state index < -0.39 is 0 Å². The molecule has 1 N–H and O–H groups in total. The highest BCUT2D eigenvalue weighted by Gasteiger charge is 2.28. The number of carbonyl (C=O) groups is 2. The van der Waals surface area contributed by atoms with Crippen molar-refractivity contribution in [3.63, 3.8) is 0 Å². The molecule has 0 bridgehead atoms. The lowest BCUT2D eigenvalue weighted by atomic mass is 9.96. The van der Waals surface area contributed by atoms with Crippen molar-refractivity contribution in [2.45, 2.75) is 32.2 Å². The van der Waals surface area contributed by atoms with Crippen molar-refractivity contribution in [2.75, 3.05) is 31.5 Å². The van der Waals surface area contributed by atoms with Gasteiger partial charge in [-0.15, -0.1) is 0 Å². The van der Waals surface area contributed by atoms with Gasteiger partial charge in [-0.05, 0) is 62.1 Å². The third-order valence-corrected chi connectivity index (χ3v) is 6.81. The lowest BCUT2D eigenvalue weighted by Gasteiger charge is -2.32. The summed E-state index contributed by atoms with van der Waals surface area (Å²) in [6.07, 6.45) is 3.87. The molecule has 2 aliphatic heterocycles. The van der Waals surface area contributed by atoms with Gasteiger partial charge in [-0.2, -0.15) is 0 Å². The van der Waals surface area contributed by atoms with Crippen molar-refractivity contribution in [3.8, 4) is 0 Å². The molecule has 0 saturated carbocycles. The van der Waals surface area contributed by atoms with Crippen molar-refractivity contribution in [3.05, 3.63) is 63.6 Å². The summed E-state index contributed by atoms with van der Waals surface area (Å²) in [6, 6.07) is 13.0. The molecule has 1 unspecified atom stereocenters. The van der Waals surface area contributed by atoms with E-state index in [9.17, 15) is 9.59 Å². The molecule has 0 aromatic heterocycles. The van der Waals surface area contributed by atoms with E-state index in [1.165, 1.54) is 0 Å². The highest BCUT2D eigenvalue weighted by molar-refractivity contribution is 6.42. The largest absolute Gasteiger partial charge is 0.339 e. The van der Waals surface area contributed by atoms with E-state index in [0.29, 0.717) is 27.8 Å². The van der Waals surface area contributed by atoms with Crippen LogP contribution in [0.5, 0.6) is 0 Å². The average molecular weight is 460 g/mol. The van der Waals surface area contributed by atoms with E-state index in [1.54, 1.807) is 6.07 Å². The first-order chi connectivity index (χ1) is 15.0. The number of nitrogens with one attached hydrogen (secondary N) is 1. The highest BCUT2D eigenvalue weighted by atomic mass is 35.5. The Morgan fingerprint density at radius 3 is 2.52 bits per heavy atom. The number of nitrogens with zero attached hydrogens (tertiary/aromatic N) is 2. The Bertz CT molecular complexity index is 960. The molecule has 2 aliphatic rings. The van der Waals surface area contributed by atoms with Gasteiger partial charge in [0.1, 0.15) is 0 Å². The van der Waals surface area contributed by atoms with Crippen molar-refractivity contribution >= 4 is 40.7 Å². The van der Waals surface area contributed by atoms with Crippen LogP contribution in [0.3, 0.4) is 0 Å². The number of carbonyl (C=O) groups excluding carboxylic acids is 2. The summed E-state index contributed by atoms with van der Waals surface area (Å²) >= 11 is 12.2. The van der Waals surface area contributed by atoms with E-state index in [2.05, 4.69) is 10.2 Å². The molecule has 164 valence electrons. The molecule has 2 saturated heterocycles. The summed E-state index contributed by atoms with van der Waals surface area (Å²) in [4.78, 5) is 30.1. The molecule has 0 radical (unpaired) electrons. The number of hydrogen-bond donors (Lipinski definition) is 1. The Morgan fingerprint density at radius 2 is 1.74 bits per heavy atom. The molecule has 2 aromatic rings. The minimum atomic E-state index is -0.119. The Hall–Kier alpha value is -2.08. The molecular formula is C24H27Cl2N3O2. The van der Waals surface area contributed by atoms with Gasteiger partial charge in [0.15, 0.2) is 0 Å². The monoisotopic (exact) mass is 459 g/mol. The summed E-state index contributed by atoms with van der Waals surface area (Å²) in [5, 5.41) is 4.12. The zero-order valence-electron chi connectivity index (χ0n) is 17.4. The van der Waals surface area contributed by atoms with Crippen LogP contribution in [0.15, 0.2) is 42.5 Å². The summed E-state index contributed by atoms with van der Waals surface area (Å²) in [5.41, 5.74) is 2.25. The molecule has 0 spiro atoms. The SMILES string of the molecule is O=C(Nc1ccccc1C(=O)N1CCCC1)C1CCCN(Cc2ccc(Cl)c(Cl)c2)C1. The van der Waals surface area contributed by atoms with E-state index in [1.807, 2.05) is 41.3 Å². The first kappa shape index (κ1) is 22.1. The number of likely N-dealkylation sites (tertiary alicyclic amines) is 2. The van der Waals surface area contributed by atoms with Crippen molar-refractivity contribution in [2.24, 2.45) is 5.92 Å². The fourth-order valence-electron chi connectivity index (χ4n) is 4.41. The van der Waals surface area contributed by atoms with Crippen LogP contribution < -0.4 is 5.32 Å². The number of piperidine rings is 1. The Kier molecular flexibility index (Phi) is 7.16. The molecule has 2 heterocycles. The summed E-state index contributed by atoms with van der Waals surface area (Å²) in [5.74, 6) is -0.148. The predicted molar refractivity (Wildman–Crippen MR) is 125 cm³/mol. The molecule has 1 atom stereocenters. The van der Waals surface area contributed by atoms with Gasteiger partial charge in [0, 0.05) is 26.2 Å². The quantitative estimate of drug-likeness (QED) is 0.677. The lowest BCUT2D eigenvalue weighted by molar-refractivity contribution is -0.121. The zero-order valence-corrected chi connectivity index (χ0v) is 19.0. The maximum atomic E-state index is 13.1. The van der Waals surface area contributed by atoms with Gasteiger partial charge in [0.25, 0.3) is 5.91 Å². The fraction of sp³-hybridized carbons (Fsp3) is 0.417. The summed E-state index contributed by atoms with van der Waals surface area (Å²) in [7, 11) is 0. The first-order valence-corrected chi connectivity index (χ1v) is 11.6. The van der Waals surface area contributed by atoms with Crippen LogP contribution in [0.1, 0.15) is 41.6 Å². The first-order valence-electron chi connectivity index (χ1n) is 10.9. The second-order valence-corrected chi connectivity index (χ2v) is 9.17. The number of halogens is 2. The van der Waals surface area contributed by atoms with Crippen LogP contribution in [0.4, 0.5) is 5.69 Å². The molecule has 31 heavy (non-hydrogen) atoms. The second kappa shape index (κ2) is 10.0. The molecule has 4 rings (SSSR count). The van der Waals surface area contributed by atoms with Gasteiger partial charge >= 0.3 is 0 Å². The Balaban J connectivity index is 1.40. The van der Waals surface area contributed by atoms with Crippen LogP contribution in [0.25, 0.3) is 0 Å². The standard InChI is InChI=1S/C24H27Cl2N3O2/c25-20-10-9-17(14-21(20)26)15-28-11-5-6-18(16-28)23(30)27-22-8-2-1-7-19(22)24(31)29-12-3-4-13-29/h1-2,7-10,14,18H,3-6,11-13,15-16H2,(H,27,30). The van der Waals surface area contributed by atoms with Crippen molar-refractivity contribution in [1.29, 1.82) is 0 Å². The number of hydrogen-bond acceptors (Lipinski definition) is 3. The number of para-hydroxylation sites is 1. The topological polar surface area (TPSA) is 52.7 Å². The Labute approximate surface area is 193 Å². The van der Waals surface area contributed by atoms with Gasteiger partial charge in [-0.25, -0.2) is 0 Å². The minimum Gasteiger partial charge on any atom is -0.339 e. The molecule has 5 nitrogen and oxygen atoms in total. The maximum absolute atomic E-state index is 13.1.